The van der Waals surface area contributed by atoms with E-state index in [1.165, 1.54) is 12.1 Å². The second-order valence-electron chi connectivity index (χ2n) is 5.59. The molecule has 0 saturated heterocycles. The Labute approximate surface area is 125 Å². The summed E-state index contributed by atoms with van der Waals surface area (Å²) in [6, 6.07) is 3.80. The Morgan fingerprint density at radius 1 is 1.40 bits per heavy atom. The van der Waals surface area contributed by atoms with Gasteiger partial charge in [-0.25, -0.2) is 4.39 Å². The fourth-order valence-electron chi connectivity index (χ4n) is 1.66. The summed E-state index contributed by atoms with van der Waals surface area (Å²) in [5.41, 5.74) is -0.560. The largest absolute Gasteiger partial charge is 0.481 e. The predicted molar refractivity (Wildman–Crippen MR) is 77.1 cm³/mol. The highest BCUT2D eigenvalue weighted by Crippen LogP contribution is 2.23. The summed E-state index contributed by atoms with van der Waals surface area (Å²) in [6.45, 7) is 5.45. The SMILES string of the molecule is CC(C)(C)C(CC(=O)O)NC(=O)c1cccc(Br)c1F. The molecule has 1 unspecified atom stereocenters. The van der Waals surface area contributed by atoms with E-state index in [-0.39, 0.29) is 16.5 Å². The van der Waals surface area contributed by atoms with Crippen molar-refractivity contribution in [2.24, 2.45) is 5.41 Å². The van der Waals surface area contributed by atoms with Gasteiger partial charge in [-0.3, -0.25) is 9.59 Å². The first-order valence-electron chi connectivity index (χ1n) is 6.09. The Kier molecular flexibility index (Phi) is 5.28. The summed E-state index contributed by atoms with van der Waals surface area (Å²) < 4.78 is 14.0. The fourth-order valence-corrected chi connectivity index (χ4v) is 2.03. The highest BCUT2D eigenvalue weighted by Gasteiger charge is 2.29. The molecule has 0 heterocycles. The molecule has 0 aliphatic carbocycles. The van der Waals surface area contributed by atoms with Crippen LogP contribution in [0, 0.1) is 11.2 Å². The van der Waals surface area contributed by atoms with Crippen LogP contribution in [-0.2, 0) is 4.79 Å². The van der Waals surface area contributed by atoms with Crippen molar-refractivity contribution in [3.05, 3.63) is 34.1 Å². The van der Waals surface area contributed by atoms with Crippen LogP contribution in [0.25, 0.3) is 0 Å². The topological polar surface area (TPSA) is 66.4 Å². The number of rotatable bonds is 4. The lowest BCUT2D eigenvalue weighted by Gasteiger charge is -2.30. The van der Waals surface area contributed by atoms with Crippen molar-refractivity contribution in [3.63, 3.8) is 0 Å². The number of carbonyl (C=O) groups is 2. The average molecular weight is 346 g/mol. The third-order valence-corrected chi connectivity index (χ3v) is 3.54. The number of hydrogen-bond acceptors (Lipinski definition) is 2. The normalized spacial score (nSPS) is 12.8. The number of benzene rings is 1. The first-order valence-corrected chi connectivity index (χ1v) is 6.89. The zero-order valence-electron chi connectivity index (χ0n) is 11.5. The van der Waals surface area contributed by atoms with Gasteiger partial charge < -0.3 is 10.4 Å². The minimum Gasteiger partial charge on any atom is -0.481 e. The predicted octanol–water partition coefficient (Wildman–Crippen LogP) is 3.21. The molecule has 1 atom stereocenters. The minimum atomic E-state index is -1.01. The maximum absolute atomic E-state index is 13.8. The number of amides is 1. The smallest absolute Gasteiger partial charge is 0.305 e. The molecule has 1 aromatic rings. The van der Waals surface area contributed by atoms with Crippen LogP contribution in [-0.4, -0.2) is 23.0 Å². The Bertz CT molecular complexity index is 526. The molecule has 0 aromatic heterocycles. The molecule has 2 N–H and O–H groups in total. The van der Waals surface area contributed by atoms with E-state index in [9.17, 15) is 14.0 Å². The fraction of sp³-hybridized carbons (Fsp3) is 0.429. The van der Waals surface area contributed by atoms with E-state index >= 15 is 0 Å². The van der Waals surface area contributed by atoms with E-state index in [4.69, 9.17) is 5.11 Å². The number of carbonyl (C=O) groups excluding carboxylic acids is 1. The van der Waals surface area contributed by atoms with Gasteiger partial charge in [0.05, 0.1) is 16.5 Å². The van der Waals surface area contributed by atoms with Crippen molar-refractivity contribution in [2.45, 2.75) is 33.2 Å². The monoisotopic (exact) mass is 345 g/mol. The number of carboxylic acid groups (broad SMARTS) is 1. The van der Waals surface area contributed by atoms with Crippen molar-refractivity contribution in [1.82, 2.24) is 5.32 Å². The summed E-state index contributed by atoms with van der Waals surface area (Å²) in [4.78, 5) is 23.0. The molecule has 0 aliphatic heterocycles. The van der Waals surface area contributed by atoms with E-state index in [2.05, 4.69) is 21.2 Å². The molecule has 4 nitrogen and oxygen atoms in total. The van der Waals surface area contributed by atoms with Crippen LogP contribution in [0.15, 0.2) is 22.7 Å². The van der Waals surface area contributed by atoms with Gasteiger partial charge in [0.2, 0.25) is 0 Å². The molecule has 0 aliphatic rings. The summed E-state index contributed by atoms with van der Waals surface area (Å²) in [7, 11) is 0. The van der Waals surface area contributed by atoms with Crippen LogP contribution >= 0.6 is 15.9 Å². The average Bonchev–Trinajstić information content (AvgIpc) is 2.30. The Balaban J connectivity index is 2.96. The standard InChI is InChI=1S/C14H17BrFNO3/c1-14(2,3)10(7-11(18)19)17-13(20)8-5-4-6-9(15)12(8)16/h4-6,10H,7H2,1-3H3,(H,17,20)(H,18,19). The van der Waals surface area contributed by atoms with Crippen molar-refractivity contribution >= 4 is 27.8 Å². The van der Waals surface area contributed by atoms with E-state index in [0.717, 1.165) is 0 Å². The molecule has 0 fully saturated rings. The Morgan fingerprint density at radius 3 is 2.50 bits per heavy atom. The maximum atomic E-state index is 13.8. The lowest BCUT2D eigenvalue weighted by atomic mass is 9.84. The number of carboxylic acids is 1. The van der Waals surface area contributed by atoms with E-state index in [0.29, 0.717) is 0 Å². The molecule has 0 spiro atoms. The van der Waals surface area contributed by atoms with Gasteiger partial charge in [0.25, 0.3) is 5.91 Å². The van der Waals surface area contributed by atoms with Gasteiger partial charge in [0.15, 0.2) is 0 Å². The second-order valence-corrected chi connectivity index (χ2v) is 6.45. The lowest BCUT2D eigenvalue weighted by molar-refractivity contribution is -0.138. The van der Waals surface area contributed by atoms with Crippen LogP contribution in [0.2, 0.25) is 0 Å². The number of nitrogens with one attached hydrogen (secondary N) is 1. The van der Waals surface area contributed by atoms with E-state index < -0.39 is 29.2 Å². The molecular weight excluding hydrogens is 329 g/mol. The quantitative estimate of drug-likeness (QED) is 0.880. The molecule has 1 amide bonds. The van der Waals surface area contributed by atoms with Crippen LogP contribution in [0.1, 0.15) is 37.6 Å². The molecule has 6 heteroatoms. The molecule has 1 aromatic carbocycles. The van der Waals surface area contributed by atoms with Crippen molar-refractivity contribution in [1.29, 1.82) is 0 Å². The Hall–Kier alpha value is -1.43. The van der Waals surface area contributed by atoms with Crippen molar-refractivity contribution in [3.8, 4) is 0 Å². The summed E-state index contributed by atoms with van der Waals surface area (Å²) in [5.74, 6) is -2.29. The molecular formula is C14H17BrFNO3. The molecule has 0 bridgehead atoms. The van der Waals surface area contributed by atoms with Gasteiger partial charge in [0, 0.05) is 6.04 Å². The number of halogens is 2. The summed E-state index contributed by atoms with van der Waals surface area (Å²) in [5, 5.41) is 11.5. The molecule has 0 saturated carbocycles. The van der Waals surface area contributed by atoms with Gasteiger partial charge in [-0.15, -0.1) is 0 Å². The van der Waals surface area contributed by atoms with Crippen LogP contribution in [0.3, 0.4) is 0 Å². The summed E-state index contributed by atoms with van der Waals surface area (Å²) in [6.07, 6.45) is -0.217. The van der Waals surface area contributed by atoms with Gasteiger partial charge in [-0.05, 0) is 33.5 Å². The van der Waals surface area contributed by atoms with Crippen molar-refractivity contribution < 1.29 is 19.1 Å². The first-order chi connectivity index (χ1) is 9.12. The van der Waals surface area contributed by atoms with Crippen molar-refractivity contribution in [2.75, 3.05) is 0 Å². The van der Waals surface area contributed by atoms with Crippen LogP contribution in [0.4, 0.5) is 4.39 Å². The number of aliphatic carboxylic acids is 1. The summed E-state index contributed by atoms with van der Waals surface area (Å²) >= 11 is 3.01. The van der Waals surface area contributed by atoms with Gasteiger partial charge in [0.1, 0.15) is 5.82 Å². The lowest BCUT2D eigenvalue weighted by Crippen LogP contribution is -2.45. The third kappa shape index (κ3) is 4.30. The molecule has 20 heavy (non-hydrogen) atoms. The zero-order chi connectivity index (χ0) is 15.5. The van der Waals surface area contributed by atoms with Gasteiger partial charge >= 0.3 is 5.97 Å². The highest BCUT2D eigenvalue weighted by atomic mass is 79.9. The molecule has 1 rings (SSSR count). The Morgan fingerprint density at radius 2 is 2.00 bits per heavy atom. The second kappa shape index (κ2) is 6.35. The zero-order valence-corrected chi connectivity index (χ0v) is 13.1. The minimum absolute atomic E-state index is 0.112. The van der Waals surface area contributed by atoms with E-state index in [1.807, 2.05) is 20.8 Å². The highest BCUT2D eigenvalue weighted by molar-refractivity contribution is 9.10. The van der Waals surface area contributed by atoms with Gasteiger partial charge in [-0.2, -0.15) is 0 Å². The number of hydrogen-bond donors (Lipinski definition) is 2. The van der Waals surface area contributed by atoms with Crippen LogP contribution in [0.5, 0.6) is 0 Å². The van der Waals surface area contributed by atoms with Crippen LogP contribution < -0.4 is 5.32 Å². The third-order valence-electron chi connectivity index (χ3n) is 2.93. The maximum Gasteiger partial charge on any atom is 0.305 e. The van der Waals surface area contributed by atoms with E-state index in [1.54, 1.807) is 6.07 Å². The molecule has 110 valence electrons. The van der Waals surface area contributed by atoms with Gasteiger partial charge in [-0.1, -0.05) is 26.8 Å². The molecule has 0 radical (unpaired) electrons. The first kappa shape index (κ1) is 16.6.